The molecule has 0 aromatic heterocycles. The first-order chi connectivity index (χ1) is 6.74. The molecule has 1 aliphatic carbocycles. The Balaban J connectivity index is 2.36. The number of rotatable bonds is 3. The van der Waals surface area contributed by atoms with Gasteiger partial charge in [-0.1, -0.05) is 26.2 Å². The van der Waals surface area contributed by atoms with Crippen LogP contribution in [0, 0.1) is 5.92 Å². The predicted octanol–water partition coefficient (Wildman–Crippen LogP) is 1.42. The highest BCUT2D eigenvalue weighted by atomic mass is 16.1. The molecule has 1 rings (SSSR count). The number of carbonyl (C=O) groups is 1. The summed E-state index contributed by atoms with van der Waals surface area (Å²) in [6, 6.07) is 0.386. The molecule has 3 nitrogen and oxygen atoms in total. The monoisotopic (exact) mass is 198 g/mol. The second kappa shape index (κ2) is 6.02. The predicted molar refractivity (Wildman–Crippen MR) is 57.9 cm³/mol. The second-order valence-electron chi connectivity index (χ2n) is 4.33. The summed E-state index contributed by atoms with van der Waals surface area (Å²) in [5.41, 5.74) is 5.34. The summed E-state index contributed by atoms with van der Waals surface area (Å²) in [7, 11) is 0. The SMILES string of the molecule is CC1CCCCCC1NC(=O)CCN. The highest BCUT2D eigenvalue weighted by Gasteiger charge is 2.20. The summed E-state index contributed by atoms with van der Waals surface area (Å²) in [5, 5.41) is 3.09. The maximum atomic E-state index is 11.4. The summed E-state index contributed by atoms with van der Waals surface area (Å²) in [5.74, 6) is 0.741. The van der Waals surface area contributed by atoms with Crippen molar-refractivity contribution in [2.24, 2.45) is 11.7 Å². The van der Waals surface area contributed by atoms with Crippen molar-refractivity contribution in [3.63, 3.8) is 0 Å². The normalized spacial score (nSPS) is 28.1. The van der Waals surface area contributed by atoms with E-state index in [0.717, 1.165) is 6.42 Å². The molecule has 0 aliphatic heterocycles. The minimum atomic E-state index is 0.117. The third-order valence-electron chi connectivity index (χ3n) is 3.08. The van der Waals surface area contributed by atoms with Gasteiger partial charge in [-0.25, -0.2) is 0 Å². The molecule has 0 saturated heterocycles. The fraction of sp³-hybridized carbons (Fsp3) is 0.909. The summed E-state index contributed by atoms with van der Waals surface area (Å²) in [6.07, 6.45) is 6.71. The molecule has 0 bridgehead atoms. The smallest absolute Gasteiger partial charge is 0.221 e. The van der Waals surface area contributed by atoms with Gasteiger partial charge in [-0.3, -0.25) is 4.79 Å². The lowest BCUT2D eigenvalue weighted by atomic mass is 9.97. The van der Waals surface area contributed by atoms with E-state index in [9.17, 15) is 4.79 Å². The Morgan fingerprint density at radius 1 is 1.36 bits per heavy atom. The molecule has 2 atom stereocenters. The van der Waals surface area contributed by atoms with Gasteiger partial charge in [0.1, 0.15) is 0 Å². The Morgan fingerprint density at radius 2 is 2.07 bits per heavy atom. The Hall–Kier alpha value is -0.570. The van der Waals surface area contributed by atoms with Crippen LogP contribution in [0.5, 0.6) is 0 Å². The first kappa shape index (κ1) is 11.5. The van der Waals surface area contributed by atoms with Gasteiger partial charge in [0.25, 0.3) is 0 Å². The third-order valence-corrected chi connectivity index (χ3v) is 3.08. The van der Waals surface area contributed by atoms with Crippen molar-refractivity contribution in [3.05, 3.63) is 0 Å². The number of hydrogen-bond donors (Lipinski definition) is 2. The summed E-state index contributed by atoms with van der Waals surface area (Å²) in [6.45, 7) is 2.69. The van der Waals surface area contributed by atoms with E-state index in [1.54, 1.807) is 0 Å². The molecule has 0 heterocycles. The van der Waals surface area contributed by atoms with E-state index in [2.05, 4.69) is 12.2 Å². The zero-order valence-electron chi connectivity index (χ0n) is 9.09. The molecule has 1 aliphatic rings. The molecule has 0 radical (unpaired) electrons. The summed E-state index contributed by atoms with van der Waals surface area (Å²) in [4.78, 5) is 11.4. The molecule has 1 saturated carbocycles. The summed E-state index contributed by atoms with van der Waals surface area (Å²) < 4.78 is 0. The Kier molecular flexibility index (Phi) is 4.94. The van der Waals surface area contributed by atoms with Crippen LogP contribution in [0.25, 0.3) is 0 Å². The maximum Gasteiger partial charge on any atom is 0.221 e. The van der Waals surface area contributed by atoms with Gasteiger partial charge in [-0.2, -0.15) is 0 Å². The van der Waals surface area contributed by atoms with E-state index in [0.29, 0.717) is 24.9 Å². The number of nitrogens with two attached hydrogens (primary N) is 1. The first-order valence-electron chi connectivity index (χ1n) is 5.73. The zero-order chi connectivity index (χ0) is 10.4. The van der Waals surface area contributed by atoms with Crippen LogP contribution >= 0.6 is 0 Å². The van der Waals surface area contributed by atoms with E-state index in [4.69, 9.17) is 5.73 Å². The number of hydrogen-bond acceptors (Lipinski definition) is 2. The van der Waals surface area contributed by atoms with Crippen molar-refractivity contribution in [1.82, 2.24) is 5.32 Å². The van der Waals surface area contributed by atoms with Gasteiger partial charge in [-0.05, 0) is 18.8 Å². The quantitative estimate of drug-likeness (QED) is 0.674. The van der Waals surface area contributed by atoms with Crippen molar-refractivity contribution in [3.8, 4) is 0 Å². The van der Waals surface area contributed by atoms with Gasteiger partial charge in [0.05, 0.1) is 0 Å². The molecule has 0 spiro atoms. The number of nitrogens with one attached hydrogen (secondary N) is 1. The maximum absolute atomic E-state index is 11.4. The fourth-order valence-electron chi connectivity index (χ4n) is 2.12. The van der Waals surface area contributed by atoms with Crippen LogP contribution in [0.1, 0.15) is 45.4 Å². The van der Waals surface area contributed by atoms with Crippen molar-refractivity contribution in [2.75, 3.05) is 6.54 Å². The van der Waals surface area contributed by atoms with E-state index in [-0.39, 0.29) is 5.91 Å². The Labute approximate surface area is 86.4 Å². The van der Waals surface area contributed by atoms with E-state index in [1.807, 2.05) is 0 Å². The van der Waals surface area contributed by atoms with Gasteiger partial charge in [-0.15, -0.1) is 0 Å². The fourth-order valence-corrected chi connectivity index (χ4v) is 2.12. The van der Waals surface area contributed by atoms with Crippen molar-refractivity contribution >= 4 is 5.91 Å². The average Bonchev–Trinajstić information content (AvgIpc) is 2.33. The number of amides is 1. The van der Waals surface area contributed by atoms with Crippen LogP contribution in [0.2, 0.25) is 0 Å². The van der Waals surface area contributed by atoms with Crippen LogP contribution in [-0.2, 0) is 4.79 Å². The van der Waals surface area contributed by atoms with Gasteiger partial charge in [0.2, 0.25) is 5.91 Å². The van der Waals surface area contributed by atoms with Crippen LogP contribution in [0.3, 0.4) is 0 Å². The molecule has 3 heteroatoms. The topological polar surface area (TPSA) is 55.1 Å². The zero-order valence-corrected chi connectivity index (χ0v) is 9.09. The van der Waals surface area contributed by atoms with Gasteiger partial charge < -0.3 is 11.1 Å². The highest BCUT2D eigenvalue weighted by molar-refractivity contribution is 5.76. The van der Waals surface area contributed by atoms with Crippen LogP contribution in [0.15, 0.2) is 0 Å². The standard InChI is InChI=1S/C11H22N2O/c1-9-5-3-2-4-6-10(9)13-11(14)7-8-12/h9-10H,2-8,12H2,1H3,(H,13,14). The number of carbonyl (C=O) groups excluding carboxylic acids is 1. The van der Waals surface area contributed by atoms with Gasteiger partial charge in [0.15, 0.2) is 0 Å². The molecule has 0 aromatic carbocycles. The molecule has 1 fully saturated rings. The molecule has 14 heavy (non-hydrogen) atoms. The minimum absolute atomic E-state index is 0.117. The van der Waals surface area contributed by atoms with Crippen LogP contribution in [0.4, 0.5) is 0 Å². The Bertz CT molecular complexity index is 182. The molecule has 2 unspecified atom stereocenters. The van der Waals surface area contributed by atoms with E-state index in [1.165, 1.54) is 25.7 Å². The van der Waals surface area contributed by atoms with Crippen molar-refractivity contribution in [2.45, 2.75) is 51.5 Å². The lowest BCUT2D eigenvalue weighted by Gasteiger charge is -2.22. The molecular formula is C11H22N2O. The molecule has 0 aromatic rings. The lowest BCUT2D eigenvalue weighted by Crippen LogP contribution is -2.39. The van der Waals surface area contributed by atoms with Gasteiger partial charge in [0, 0.05) is 19.0 Å². The molecule has 3 N–H and O–H groups in total. The lowest BCUT2D eigenvalue weighted by molar-refractivity contribution is -0.122. The molecular weight excluding hydrogens is 176 g/mol. The van der Waals surface area contributed by atoms with Crippen LogP contribution in [-0.4, -0.2) is 18.5 Å². The Morgan fingerprint density at radius 3 is 2.79 bits per heavy atom. The van der Waals surface area contributed by atoms with Crippen LogP contribution < -0.4 is 11.1 Å². The van der Waals surface area contributed by atoms with Crippen molar-refractivity contribution in [1.29, 1.82) is 0 Å². The third kappa shape index (κ3) is 3.66. The van der Waals surface area contributed by atoms with Crippen molar-refractivity contribution < 1.29 is 4.79 Å². The minimum Gasteiger partial charge on any atom is -0.353 e. The van der Waals surface area contributed by atoms with E-state index < -0.39 is 0 Å². The molecule has 82 valence electrons. The largest absolute Gasteiger partial charge is 0.353 e. The van der Waals surface area contributed by atoms with Gasteiger partial charge >= 0.3 is 0 Å². The van der Waals surface area contributed by atoms with E-state index >= 15 is 0 Å². The highest BCUT2D eigenvalue weighted by Crippen LogP contribution is 2.22. The second-order valence-corrected chi connectivity index (χ2v) is 4.33. The molecule has 1 amide bonds. The summed E-state index contributed by atoms with van der Waals surface area (Å²) >= 11 is 0. The first-order valence-corrected chi connectivity index (χ1v) is 5.73. The average molecular weight is 198 g/mol.